The van der Waals surface area contributed by atoms with Crippen molar-refractivity contribution in [2.75, 3.05) is 6.79 Å². The molecule has 112 valence electrons. The lowest BCUT2D eigenvalue weighted by molar-refractivity contribution is 0.0955. The maximum atomic E-state index is 12.8. The van der Waals surface area contributed by atoms with Crippen molar-refractivity contribution in [3.63, 3.8) is 0 Å². The molecule has 0 atom stereocenters. The zero-order valence-electron chi connectivity index (χ0n) is 11.2. The molecule has 0 bridgehead atoms. The van der Waals surface area contributed by atoms with Gasteiger partial charge in [-0.2, -0.15) is 5.10 Å². The van der Waals surface area contributed by atoms with Gasteiger partial charge in [0.2, 0.25) is 6.79 Å². The van der Waals surface area contributed by atoms with Crippen LogP contribution in [0.2, 0.25) is 0 Å². The second-order valence-electron chi connectivity index (χ2n) is 4.43. The summed E-state index contributed by atoms with van der Waals surface area (Å²) in [6.45, 7) is 0.184. The van der Waals surface area contributed by atoms with E-state index in [4.69, 9.17) is 9.47 Å². The minimum atomic E-state index is -0.423. The lowest BCUT2D eigenvalue weighted by atomic mass is 10.2. The molecule has 1 heterocycles. The normalized spacial score (nSPS) is 12.6. The van der Waals surface area contributed by atoms with Gasteiger partial charge in [0.15, 0.2) is 11.5 Å². The van der Waals surface area contributed by atoms with Gasteiger partial charge in [-0.15, -0.1) is 0 Å². The summed E-state index contributed by atoms with van der Waals surface area (Å²) in [6.07, 6.45) is 1.48. The Bertz CT molecular complexity index is 747. The SMILES string of the molecule is O=C(N/N=C\c1cc2c(cc1Br)OCO2)c1ccc(F)cc1. The van der Waals surface area contributed by atoms with Crippen LogP contribution >= 0.6 is 15.9 Å². The first-order chi connectivity index (χ1) is 10.6. The van der Waals surface area contributed by atoms with Crippen molar-refractivity contribution >= 4 is 28.1 Å². The van der Waals surface area contributed by atoms with E-state index in [0.29, 0.717) is 17.1 Å². The van der Waals surface area contributed by atoms with E-state index in [1.807, 2.05) is 0 Å². The van der Waals surface area contributed by atoms with Crippen LogP contribution in [-0.2, 0) is 0 Å². The molecular weight excluding hydrogens is 355 g/mol. The Labute approximate surface area is 133 Å². The van der Waals surface area contributed by atoms with Crippen LogP contribution in [0.15, 0.2) is 46.0 Å². The lowest BCUT2D eigenvalue weighted by Crippen LogP contribution is -2.17. The van der Waals surface area contributed by atoms with Crippen molar-refractivity contribution in [1.82, 2.24) is 5.43 Å². The van der Waals surface area contributed by atoms with Crippen LogP contribution in [0, 0.1) is 5.82 Å². The van der Waals surface area contributed by atoms with E-state index < -0.39 is 11.7 Å². The summed E-state index contributed by atoms with van der Waals surface area (Å²) in [7, 11) is 0. The predicted molar refractivity (Wildman–Crippen MR) is 81.7 cm³/mol. The van der Waals surface area contributed by atoms with Crippen molar-refractivity contribution in [2.45, 2.75) is 0 Å². The fraction of sp³-hybridized carbons (Fsp3) is 0.0667. The van der Waals surface area contributed by atoms with Crippen LogP contribution < -0.4 is 14.9 Å². The van der Waals surface area contributed by atoms with Crippen LogP contribution in [-0.4, -0.2) is 18.9 Å². The number of hydrazone groups is 1. The molecule has 1 aliphatic heterocycles. The number of benzene rings is 2. The highest BCUT2D eigenvalue weighted by Gasteiger charge is 2.15. The van der Waals surface area contributed by atoms with Gasteiger partial charge in [0, 0.05) is 15.6 Å². The van der Waals surface area contributed by atoms with Crippen LogP contribution in [0.1, 0.15) is 15.9 Å². The molecule has 3 rings (SSSR count). The minimum absolute atomic E-state index is 0.184. The third-order valence-electron chi connectivity index (χ3n) is 2.97. The molecule has 0 aromatic heterocycles. The molecule has 0 radical (unpaired) electrons. The number of nitrogens with one attached hydrogen (secondary N) is 1. The molecule has 7 heteroatoms. The second kappa shape index (κ2) is 6.15. The van der Waals surface area contributed by atoms with Gasteiger partial charge in [-0.05, 0) is 52.3 Å². The van der Waals surface area contributed by atoms with Gasteiger partial charge in [0.1, 0.15) is 5.82 Å². The first-order valence-electron chi connectivity index (χ1n) is 6.31. The number of rotatable bonds is 3. The van der Waals surface area contributed by atoms with E-state index in [0.717, 1.165) is 10.0 Å². The number of halogens is 2. The van der Waals surface area contributed by atoms with Crippen LogP contribution in [0.25, 0.3) is 0 Å². The number of fused-ring (bicyclic) bond motifs is 1. The number of carbonyl (C=O) groups is 1. The van der Waals surface area contributed by atoms with Gasteiger partial charge in [-0.1, -0.05) is 0 Å². The van der Waals surface area contributed by atoms with E-state index in [1.54, 1.807) is 12.1 Å². The largest absolute Gasteiger partial charge is 0.454 e. The number of hydrogen-bond donors (Lipinski definition) is 1. The van der Waals surface area contributed by atoms with Crippen molar-refractivity contribution in [1.29, 1.82) is 0 Å². The van der Waals surface area contributed by atoms with Gasteiger partial charge in [0.05, 0.1) is 6.21 Å². The Morgan fingerprint density at radius 3 is 2.64 bits per heavy atom. The topological polar surface area (TPSA) is 59.9 Å². The summed E-state index contributed by atoms with van der Waals surface area (Å²) in [5.41, 5.74) is 3.43. The van der Waals surface area contributed by atoms with E-state index >= 15 is 0 Å². The second-order valence-corrected chi connectivity index (χ2v) is 5.29. The smallest absolute Gasteiger partial charge is 0.271 e. The van der Waals surface area contributed by atoms with Crippen LogP contribution in [0.4, 0.5) is 4.39 Å². The first-order valence-corrected chi connectivity index (χ1v) is 7.11. The van der Waals surface area contributed by atoms with E-state index in [2.05, 4.69) is 26.5 Å². The average molecular weight is 365 g/mol. The van der Waals surface area contributed by atoms with Gasteiger partial charge in [-0.25, -0.2) is 9.82 Å². The zero-order valence-corrected chi connectivity index (χ0v) is 12.8. The Balaban J connectivity index is 1.70. The first kappa shape index (κ1) is 14.5. The predicted octanol–water partition coefficient (Wildman–Crippen LogP) is 3.08. The molecule has 1 N–H and O–H groups in total. The number of carbonyl (C=O) groups excluding carboxylic acids is 1. The molecule has 5 nitrogen and oxygen atoms in total. The number of amides is 1. The van der Waals surface area contributed by atoms with E-state index in [9.17, 15) is 9.18 Å². The molecule has 0 unspecified atom stereocenters. The van der Waals surface area contributed by atoms with E-state index in [-0.39, 0.29) is 6.79 Å². The molecule has 0 fully saturated rings. The molecular formula is C15H10BrFN2O3. The number of hydrogen-bond acceptors (Lipinski definition) is 4. The Hall–Kier alpha value is -2.41. The highest BCUT2D eigenvalue weighted by atomic mass is 79.9. The van der Waals surface area contributed by atoms with Crippen molar-refractivity contribution in [3.05, 3.63) is 57.8 Å². The Kier molecular flexibility index (Phi) is 4.06. The Morgan fingerprint density at radius 1 is 1.23 bits per heavy atom. The molecule has 1 amide bonds. The van der Waals surface area contributed by atoms with Crippen LogP contribution in [0.3, 0.4) is 0 Å². The van der Waals surface area contributed by atoms with Crippen molar-refractivity contribution < 1.29 is 18.7 Å². The maximum Gasteiger partial charge on any atom is 0.271 e. The molecule has 0 saturated carbocycles. The number of ether oxygens (including phenoxy) is 2. The summed E-state index contributed by atoms with van der Waals surface area (Å²) in [5, 5.41) is 3.88. The quantitative estimate of drug-likeness (QED) is 0.672. The van der Waals surface area contributed by atoms with Gasteiger partial charge >= 0.3 is 0 Å². The molecule has 0 aliphatic carbocycles. The van der Waals surface area contributed by atoms with Crippen molar-refractivity contribution in [3.8, 4) is 11.5 Å². The molecule has 2 aromatic rings. The maximum absolute atomic E-state index is 12.8. The molecule has 2 aromatic carbocycles. The fourth-order valence-electron chi connectivity index (χ4n) is 1.86. The molecule has 0 saturated heterocycles. The molecule has 0 spiro atoms. The lowest BCUT2D eigenvalue weighted by Gasteiger charge is -2.02. The third kappa shape index (κ3) is 3.09. The number of nitrogens with zero attached hydrogens (tertiary/aromatic N) is 1. The van der Waals surface area contributed by atoms with Gasteiger partial charge in [0.25, 0.3) is 5.91 Å². The summed E-state index contributed by atoms with van der Waals surface area (Å²) < 4.78 is 24.1. The third-order valence-corrected chi connectivity index (χ3v) is 3.65. The summed E-state index contributed by atoms with van der Waals surface area (Å²) in [6, 6.07) is 8.72. The molecule has 1 aliphatic rings. The van der Waals surface area contributed by atoms with E-state index in [1.165, 1.54) is 30.5 Å². The highest BCUT2D eigenvalue weighted by molar-refractivity contribution is 9.10. The zero-order chi connectivity index (χ0) is 15.5. The average Bonchev–Trinajstić information content (AvgIpc) is 2.95. The summed E-state index contributed by atoms with van der Waals surface area (Å²) in [4.78, 5) is 11.8. The standard InChI is InChI=1S/C15H10BrFN2O3/c16-12-6-14-13(21-8-22-14)5-10(12)7-18-19-15(20)9-1-3-11(17)4-2-9/h1-7H,8H2,(H,19,20)/b18-7-. The van der Waals surface area contributed by atoms with Gasteiger partial charge < -0.3 is 9.47 Å². The summed E-state index contributed by atoms with van der Waals surface area (Å²) in [5.74, 6) is 0.450. The minimum Gasteiger partial charge on any atom is -0.454 e. The monoisotopic (exact) mass is 364 g/mol. The summed E-state index contributed by atoms with van der Waals surface area (Å²) >= 11 is 3.39. The van der Waals surface area contributed by atoms with Crippen molar-refractivity contribution in [2.24, 2.45) is 5.10 Å². The molecule has 22 heavy (non-hydrogen) atoms. The fourth-order valence-corrected chi connectivity index (χ4v) is 2.28. The highest BCUT2D eigenvalue weighted by Crippen LogP contribution is 2.36. The van der Waals surface area contributed by atoms with Crippen LogP contribution in [0.5, 0.6) is 11.5 Å². The van der Waals surface area contributed by atoms with Gasteiger partial charge in [-0.3, -0.25) is 4.79 Å². The Morgan fingerprint density at radius 2 is 1.91 bits per heavy atom.